The molecule has 3 aromatic rings. The second kappa shape index (κ2) is 5.72. The second-order valence-electron chi connectivity index (χ2n) is 5.46. The Labute approximate surface area is 130 Å². The molecule has 0 saturated carbocycles. The van der Waals surface area contributed by atoms with E-state index in [0.717, 1.165) is 17.8 Å². The molecular formula is C17H16F2O2S. The number of rotatable bonds is 4. The molecule has 0 aliphatic heterocycles. The number of phenols is 1. The van der Waals surface area contributed by atoms with Crippen molar-refractivity contribution in [2.24, 2.45) is 5.92 Å². The molecule has 5 heteroatoms. The highest BCUT2D eigenvalue weighted by molar-refractivity contribution is 7.25. The molecule has 2 aromatic carbocycles. The summed E-state index contributed by atoms with van der Waals surface area (Å²) in [5.74, 6) is -1.08. The van der Waals surface area contributed by atoms with E-state index in [4.69, 9.17) is 4.74 Å². The normalized spacial score (nSPS) is 12.9. The minimum atomic E-state index is -0.708. The SMILES string of the molecule is CCC(C)COc1ccc2c(sc3c(F)c(O)ccc32)c1F. The van der Waals surface area contributed by atoms with Crippen LogP contribution in [0.3, 0.4) is 0 Å². The van der Waals surface area contributed by atoms with Crippen molar-refractivity contribution in [3.63, 3.8) is 0 Å². The Hall–Kier alpha value is -1.88. The molecule has 0 bridgehead atoms. The number of halogens is 2. The summed E-state index contributed by atoms with van der Waals surface area (Å²) in [7, 11) is 0. The maximum Gasteiger partial charge on any atom is 0.182 e. The van der Waals surface area contributed by atoms with Crippen molar-refractivity contribution >= 4 is 31.5 Å². The number of ether oxygens (including phenoxy) is 1. The second-order valence-corrected chi connectivity index (χ2v) is 6.48. The van der Waals surface area contributed by atoms with E-state index in [9.17, 15) is 13.9 Å². The zero-order chi connectivity index (χ0) is 15.9. The first kappa shape index (κ1) is 15.0. The van der Waals surface area contributed by atoms with Gasteiger partial charge in [-0.25, -0.2) is 8.78 Å². The molecule has 1 N–H and O–H groups in total. The van der Waals surface area contributed by atoms with Gasteiger partial charge in [-0.05, 0) is 30.2 Å². The molecule has 116 valence electrons. The highest BCUT2D eigenvalue weighted by Crippen LogP contribution is 2.41. The molecule has 1 aromatic heterocycles. The summed E-state index contributed by atoms with van der Waals surface area (Å²) in [6.07, 6.45) is 0.956. The molecule has 0 saturated heterocycles. The van der Waals surface area contributed by atoms with E-state index in [1.807, 2.05) is 6.92 Å². The van der Waals surface area contributed by atoms with Crippen LogP contribution in [0.1, 0.15) is 20.3 Å². The van der Waals surface area contributed by atoms with E-state index >= 15 is 0 Å². The van der Waals surface area contributed by atoms with E-state index in [1.165, 1.54) is 6.07 Å². The summed E-state index contributed by atoms with van der Waals surface area (Å²) in [5, 5.41) is 10.7. The van der Waals surface area contributed by atoms with Crippen LogP contribution in [-0.2, 0) is 0 Å². The largest absolute Gasteiger partial charge is 0.505 e. The summed E-state index contributed by atoms with van der Waals surface area (Å²) >= 11 is 0.993. The topological polar surface area (TPSA) is 29.5 Å². The van der Waals surface area contributed by atoms with Crippen molar-refractivity contribution in [1.82, 2.24) is 0 Å². The van der Waals surface area contributed by atoms with Gasteiger partial charge in [0.25, 0.3) is 0 Å². The fourth-order valence-corrected chi connectivity index (χ4v) is 3.44. The Balaban J connectivity index is 2.11. The average molecular weight is 322 g/mol. The van der Waals surface area contributed by atoms with Crippen LogP contribution in [0.15, 0.2) is 24.3 Å². The number of phenolic OH excluding ortho intramolecular Hbond substituents is 1. The predicted molar refractivity (Wildman–Crippen MR) is 85.9 cm³/mol. The molecule has 3 rings (SSSR count). The molecule has 0 aliphatic carbocycles. The highest BCUT2D eigenvalue weighted by atomic mass is 32.1. The molecular weight excluding hydrogens is 306 g/mol. The van der Waals surface area contributed by atoms with E-state index < -0.39 is 17.4 Å². The maximum atomic E-state index is 14.6. The standard InChI is InChI=1S/C17H16F2O2S/c1-3-9(2)8-21-13-7-5-11-10-4-6-12(20)14(18)16(10)22-17(11)15(13)19/h4-7,9,20H,3,8H2,1-2H3. The van der Waals surface area contributed by atoms with E-state index in [-0.39, 0.29) is 10.4 Å². The first-order chi connectivity index (χ1) is 10.5. The molecule has 0 aliphatic rings. The Bertz CT molecular complexity index is 842. The van der Waals surface area contributed by atoms with E-state index in [1.54, 1.807) is 18.2 Å². The number of thiophene rings is 1. The van der Waals surface area contributed by atoms with Crippen molar-refractivity contribution in [1.29, 1.82) is 0 Å². The summed E-state index contributed by atoms with van der Waals surface area (Å²) in [6, 6.07) is 6.21. The van der Waals surface area contributed by atoms with Gasteiger partial charge in [0, 0.05) is 10.8 Å². The third-order valence-corrected chi connectivity index (χ3v) is 5.06. The van der Waals surface area contributed by atoms with Crippen LogP contribution in [0, 0.1) is 17.6 Å². The van der Waals surface area contributed by atoms with Crippen LogP contribution >= 0.6 is 11.3 Å². The first-order valence-corrected chi connectivity index (χ1v) is 7.99. The van der Waals surface area contributed by atoms with Gasteiger partial charge in [0.05, 0.1) is 16.0 Å². The summed E-state index contributed by atoms with van der Waals surface area (Å²) in [4.78, 5) is 0. The van der Waals surface area contributed by atoms with Crippen LogP contribution in [0.4, 0.5) is 8.78 Å². The lowest BCUT2D eigenvalue weighted by Gasteiger charge is -2.11. The minimum absolute atomic E-state index is 0.184. The van der Waals surface area contributed by atoms with Crippen molar-refractivity contribution < 1.29 is 18.6 Å². The minimum Gasteiger partial charge on any atom is -0.505 e. The molecule has 22 heavy (non-hydrogen) atoms. The van der Waals surface area contributed by atoms with Crippen molar-refractivity contribution in [3.05, 3.63) is 35.9 Å². The quantitative estimate of drug-likeness (QED) is 0.691. The van der Waals surface area contributed by atoms with Gasteiger partial charge in [-0.1, -0.05) is 20.3 Å². The van der Waals surface area contributed by atoms with Crippen LogP contribution in [0.25, 0.3) is 20.2 Å². The lowest BCUT2D eigenvalue weighted by molar-refractivity contribution is 0.247. The van der Waals surface area contributed by atoms with Gasteiger partial charge in [0.1, 0.15) is 0 Å². The van der Waals surface area contributed by atoms with Crippen LogP contribution in [0.5, 0.6) is 11.5 Å². The molecule has 1 atom stereocenters. The van der Waals surface area contributed by atoms with Crippen LogP contribution in [-0.4, -0.2) is 11.7 Å². The Morgan fingerprint density at radius 3 is 2.41 bits per heavy atom. The molecule has 0 fully saturated rings. The molecule has 0 spiro atoms. The summed E-state index contributed by atoms with van der Waals surface area (Å²) in [6.45, 7) is 4.53. The highest BCUT2D eigenvalue weighted by Gasteiger charge is 2.17. The number of benzene rings is 2. The van der Waals surface area contributed by atoms with Gasteiger partial charge >= 0.3 is 0 Å². The molecule has 0 radical (unpaired) electrons. The van der Waals surface area contributed by atoms with Crippen molar-refractivity contribution in [2.45, 2.75) is 20.3 Å². The van der Waals surface area contributed by atoms with Gasteiger partial charge in [0.2, 0.25) is 0 Å². The first-order valence-electron chi connectivity index (χ1n) is 7.17. The zero-order valence-electron chi connectivity index (χ0n) is 12.3. The zero-order valence-corrected chi connectivity index (χ0v) is 13.1. The van der Waals surface area contributed by atoms with Gasteiger partial charge in [0.15, 0.2) is 23.1 Å². The van der Waals surface area contributed by atoms with Gasteiger partial charge in [-0.2, -0.15) is 0 Å². The number of hydrogen-bond acceptors (Lipinski definition) is 3. The smallest absolute Gasteiger partial charge is 0.182 e. The predicted octanol–water partition coefficient (Wildman–Crippen LogP) is 5.46. The van der Waals surface area contributed by atoms with Gasteiger partial charge < -0.3 is 9.84 Å². The number of aromatic hydroxyl groups is 1. The average Bonchev–Trinajstić information content (AvgIpc) is 2.90. The Morgan fingerprint density at radius 1 is 1.09 bits per heavy atom. The lowest BCUT2D eigenvalue weighted by atomic mass is 10.1. The van der Waals surface area contributed by atoms with Crippen LogP contribution in [0.2, 0.25) is 0 Å². The monoisotopic (exact) mass is 322 g/mol. The van der Waals surface area contributed by atoms with Gasteiger partial charge in [-0.15, -0.1) is 11.3 Å². The van der Waals surface area contributed by atoms with Crippen molar-refractivity contribution in [3.8, 4) is 11.5 Å². The molecule has 1 unspecified atom stereocenters. The molecule has 0 amide bonds. The Kier molecular flexibility index (Phi) is 3.91. The fourth-order valence-electron chi connectivity index (χ4n) is 2.27. The fraction of sp³-hybridized carbons (Fsp3) is 0.294. The van der Waals surface area contributed by atoms with E-state index in [2.05, 4.69) is 6.92 Å². The number of hydrogen-bond donors (Lipinski definition) is 1. The lowest BCUT2D eigenvalue weighted by Crippen LogP contribution is -2.08. The third-order valence-electron chi connectivity index (χ3n) is 3.85. The number of fused-ring (bicyclic) bond motifs is 3. The summed E-state index contributed by atoms with van der Waals surface area (Å²) in [5.41, 5.74) is 0. The van der Waals surface area contributed by atoms with E-state index in [0.29, 0.717) is 28.0 Å². The third kappa shape index (κ3) is 2.39. The van der Waals surface area contributed by atoms with Crippen LogP contribution < -0.4 is 4.74 Å². The molecule has 2 nitrogen and oxygen atoms in total. The molecule has 1 heterocycles. The Morgan fingerprint density at radius 2 is 1.73 bits per heavy atom. The summed E-state index contributed by atoms with van der Waals surface area (Å²) < 4.78 is 34.7. The maximum absolute atomic E-state index is 14.6. The van der Waals surface area contributed by atoms with Crippen molar-refractivity contribution in [2.75, 3.05) is 6.61 Å². The van der Waals surface area contributed by atoms with Gasteiger partial charge in [-0.3, -0.25) is 0 Å².